The van der Waals surface area contributed by atoms with Gasteiger partial charge in [-0.25, -0.2) is 0 Å². The van der Waals surface area contributed by atoms with Crippen LogP contribution in [-0.2, 0) is 5.41 Å². The molecule has 3 heteroatoms. The molecule has 1 aliphatic rings. The number of benzene rings is 1. The standard InChI is InChI=1S/C16H27N3/c1-16(2,3)13-5-7-14(8-6-13)18-12-15-11-17-9-10-19(15)4/h5-8,15,17-18H,9-12H2,1-4H3. The van der Waals surface area contributed by atoms with Crippen LogP contribution in [0.5, 0.6) is 0 Å². The highest BCUT2D eigenvalue weighted by atomic mass is 15.2. The number of likely N-dealkylation sites (N-methyl/N-ethyl adjacent to an activating group) is 1. The molecular weight excluding hydrogens is 234 g/mol. The number of rotatable bonds is 3. The molecule has 1 aliphatic heterocycles. The molecule has 1 unspecified atom stereocenters. The first-order valence-corrected chi connectivity index (χ1v) is 7.22. The average molecular weight is 261 g/mol. The third-order valence-corrected chi connectivity index (χ3v) is 3.94. The molecule has 1 aromatic carbocycles. The van der Waals surface area contributed by atoms with Crippen molar-refractivity contribution in [1.82, 2.24) is 10.2 Å². The van der Waals surface area contributed by atoms with Crippen molar-refractivity contribution >= 4 is 5.69 Å². The van der Waals surface area contributed by atoms with E-state index in [1.54, 1.807) is 0 Å². The smallest absolute Gasteiger partial charge is 0.0390 e. The monoisotopic (exact) mass is 261 g/mol. The molecule has 1 heterocycles. The van der Waals surface area contributed by atoms with Gasteiger partial charge in [0.1, 0.15) is 0 Å². The van der Waals surface area contributed by atoms with Gasteiger partial charge in [0.2, 0.25) is 0 Å². The highest BCUT2D eigenvalue weighted by Crippen LogP contribution is 2.23. The molecular formula is C16H27N3. The molecule has 0 spiro atoms. The van der Waals surface area contributed by atoms with Crippen LogP contribution >= 0.6 is 0 Å². The quantitative estimate of drug-likeness (QED) is 0.874. The van der Waals surface area contributed by atoms with Crippen molar-refractivity contribution in [3.05, 3.63) is 29.8 Å². The maximum absolute atomic E-state index is 3.54. The van der Waals surface area contributed by atoms with E-state index < -0.39 is 0 Å². The fourth-order valence-corrected chi connectivity index (χ4v) is 2.41. The van der Waals surface area contributed by atoms with Crippen molar-refractivity contribution in [2.24, 2.45) is 0 Å². The first-order chi connectivity index (χ1) is 8.97. The molecule has 0 saturated carbocycles. The fourth-order valence-electron chi connectivity index (χ4n) is 2.41. The molecule has 2 N–H and O–H groups in total. The summed E-state index contributed by atoms with van der Waals surface area (Å²) in [6.45, 7) is 11.1. The summed E-state index contributed by atoms with van der Waals surface area (Å²) in [6, 6.07) is 9.42. The van der Waals surface area contributed by atoms with Gasteiger partial charge in [0.15, 0.2) is 0 Å². The van der Waals surface area contributed by atoms with E-state index in [2.05, 4.69) is 67.6 Å². The van der Waals surface area contributed by atoms with Gasteiger partial charge in [0.05, 0.1) is 0 Å². The van der Waals surface area contributed by atoms with E-state index in [0.29, 0.717) is 6.04 Å². The molecule has 0 aliphatic carbocycles. The maximum atomic E-state index is 3.54. The van der Waals surface area contributed by atoms with Crippen LogP contribution in [0.2, 0.25) is 0 Å². The molecule has 0 bridgehead atoms. The number of hydrogen-bond acceptors (Lipinski definition) is 3. The van der Waals surface area contributed by atoms with E-state index >= 15 is 0 Å². The Morgan fingerprint density at radius 2 is 1.95 bits per heavy atom. The van der Waals surface area contributed by atoms with Crippen LogP contribution in [0.1, 0.15) is 26.3 Å². The van der Waals surface area contributed by atoms with Gasteiger partial charge < -0.3 is 10.6 Å². The lowest BCUT2D eigenvalue weighted by atomic mass is 9.87. The summed E-state index contributed by atoms with van der Waals surface area (Å²) in [5.74, 6) is 0. The van der Waals surface area contributed by atoms with E-state index in [0.717, 1.165) is 26.2 Å². The lowest BCUT2D eigenvalue weighted by Crippen LogP contribution is -2.52. The Balaban J connectivity index is 1.89. The Labute approximate surface area is 117 Å². The Morgan fingerprint density at radius 1 is 1.26 bits per heavy atom. The minimum absolute atomic E-state index is 0.228. The largest absolute Gasteiger partial charge is 0.383 e. The summed E-state index contributed by atoms with van der Waals surface area (Å²) in [7, 11) is 2.20. The van der Waals surface area contributed by atoms with Gasteiger partial charge in [-0.15, -0.1) is 0 Å². The zero-order valence-corrected chi connectivity index (χ0v) is 12.7. The van der Waals surface area contributed by atoms with E-state index in [4.69, 9.17) is 0 Å². The summed E-state index contributed by atoms with van der Waals surface area (Å²) in [6.07, 6.45) is 0. The minimum Gasteiger partial charge on any atom is -0.383 e. The fraction of sp³-hybridized carbons (Fsp3) is 0.625. The van der Waals surface area contributed by atoms with Crippen molar-refractivity contribution in [1.29, 1.82) is 0 Å². The van der Waals surface area contributed by atoms with Gasteiger partial charge in [-0.2, -0.15) is 0 Å². The van der Waals surface area contributed by atoms with Crippen LogP contribution in [0.15, 0.2) is 24.3 Å². The molecule has 0 amide bonds. The first kappa shape index (κ1) is 14.4. The van der Waals surface area contributed by atoms with Gasteiger partial charge in [-0.3, -0.25) is 4.90 Å². The highest BCUT2D eigenvalue weighted by molar-refractivity contribution is 5.45. The number of piperazine rings is 1. The third kappa shape index (κ3) is 3.95. The number of nitrogens with one attached hydrogen (secondary N) is 2. The van der Waals surface area contributed by atoms with Crippen LogP contribution in [0, 0.1) is 0 Å². The SMILES string of the molecule is CN1CCNCC1CNc1ccc(C(C)(C)C)cc1. The van der Waals surface area contributed by atoms with Gasteiger partial charge >= 0.3 is 0 Å². The van der Waals surface area contributed by atoms with Crippen LogP contribution in [0.4, 0.5) is 5.69 Å². The minimum atomic E-state index is 0.228. The molecule has 1 fully saturated rings. The van der Waals surface area contributed by atoms with Gasteiger partial charge in [0, 0.05) is 37.9 Å². The van der Waals surface area contributed by atoms with Crippen molar-refractivity contribution in [2.75, 3.05) is 38.5 Å². The molecule has 19 heavy (non-hydrogen) atoms. The van der Waals surface area contributed by atoms with Gasteiger partial charge in [0.25, 0.3) is 0 Å². The average Bonchev–Trinajstić information content (AvgIpc) is 2.37. The second-order valence-electron chi connectivity index (χ2n) is 6.55. The van der Waals surface area contributed by atoms with Crippen molar-refractivity contribution < 1.29 is 0 Å². The number of nitrogens with zero attached hydrogens (tertiary/aromatic N) is 1. The third-order valence-electron chi connectivity index (χ3n) is 3.94. The van der Waals surface area contributed by atoms with Gasteiger partial charge in [-0.1, -0.05) is 32.9 Å². The molecule has 3 nitrogen and oxygen atoms in total. The lowest BCUT2D eigenvalue weighted by molar-refractivity contribution is 0.209. The van der Waals surface area contributed by atoms with E-state index in [1.165, 1.54) is 11.3 Å². The van der Waals surface area contributed by atoms with E-state index in [9.17, 15) is 0 Å². The summed E-state index contributed by atoms with van der Waals surface area (Å²) in [4.78, 5) is 2.42. The Kier molecular flexibility index (Phi) is 4.48. The molecule has 0 radical (unpaired) electrons. The van der Waals surface area contributed by atoms with Gasteiger partial charge in [-0.05, 0) is 30.2 Å². The molecule has 1 atom stereocenters. The highest BCUT2D eigenvalue weighted by Gasteiger charge is 2.18. The molecule has 2 rings (SSSR count). The normalized spacial score (nSPS) is 21.4. The van der Waals surface area contributed by atoms with Crippen LogP contribution in [-0.4, -0.2) is 44.2 Å². The van der Waals surface area contributed by atoms with Crippen LogP contribution in [0.25, 0.3) is 0 Å². The Bertz CT molecular complexity index is 391. The molecule has 106 valence electrons. The second-order valence-corrected chi connectivity index (χ2v) is 6.55. The van der Waals surface area contributed by atoms with Crippen LogP contribution in [0.3, 0.4) is 0 Å². The van der Waals surface area contributed by atoms with E-state index in [-0.39, 0.29) is 5.41 Å². The summed E-state index contributed by atoms with van der Waals surface area (Å²) in [5, 5.41) is 6.99. The van der Waals surface area contributed by atoms with Crippen molar-refractivity contribution in [3.8, 4) is 0 Å². The van der Waals surface area contributed by atoms with E-state index in [1.807, 2.05) is 0 Å². The lowest BCUT2D eigenvalue weighted by Gasteiger charge is -2.33. The molecule has 1 saturated heterocycles. The Hall–Kier alpha value is -1.06. The zero-order valence-electron chi connectivity index (χ0n) is 12.7. The maximum Gasteiger partial charge on any atom is 0.0390 e. The predicted molar refractivity (Wildman–Crippen MR) is 82.9 cm³/mol. The Morgan fingerprint density at radius 3 is 2.53 bits per heavy atom. The number of hydrogen-bond donors (Lipinski definition) is 2. The predicted octanol–water partition coefficient (Wildman–Crippen LogP) is 2.30. The van der Waals surface area contributed by atoms with Crippen LogP contribution < -0.4 is 10.6 Å². The van der Waals surface area contributed by atoms with Crippen molar-refractivity contribution in [2.45, 2.75) is 32.2 Å². The summed E-state index contributed by atoms with van der Waals surface area (Å²) < 4.78 is 0. The summed E-state index contributed by atoms with van der Waals surface area (Å²) >= 11 is 0. The molecule has 0 aromatic heterocycles. The summed E-state index contributed by atoms with van der Waals surface area (Å²) in [5.41, 5.74) is 2.83. The number of anilines is 1. The zero-order chi connectivity index (χ0) is 13.9. The molecule has 1 aromatic rings. The second kappa shape index (κ2) is 5.93. The van der Waals surface area contributed by atoms with Crippen molar-refractivity contribution in [3.63, 3.8) is 0 Å². The topological polar surface area (TPSA) is 27.3 Å². The first-order valence-electron chi connectivity index (χ1n) is 7.22.